The van der Waals surface area contributed by atoms with Crippen LogP contribution in [0.5, 0.6) is 0 Å². The van der Waals surface area contributed by atoms with Gasteiger partial charge in [0.25, 0.3) is 10.2 Å². The number of anilines is 1. The van der Waals surface area contributed by atoms with Gasteiger partial charge in [0, 0.05) is 41.3 Å². The minimum Gasteiger partial charge on any atom is -0.363 e. The predicted octanol–water partition coefficient (Wildman–Crippen LogP) is 0.205. The first-order chi connectivity index (χ1) is 10.7. The monoisotopic (exact) mass is 342 g/mol. The minimum absolute atomic E-state index is 0.143. The fourth-order valence-corrected chi connectivity index (χ4v) is 3.32. The standard InChI is InChI=1S/C14H26N6O2S/c1-18(2)13-9-11(10-20(5)23(21,22)19(3)4)16-14(17-13)12-7-6-8-15-12/h9,12,15H,6-8,10H2,1-5H3/t12-/m1/s1. The van der Waals surface area contributed by atoms with E-state index in [0.29, 0.717) is 5.69 Å². The molecule has 1 aromatic rings. The molecule has 8 nitrogen and oxygen atoms in total. The quantitative estimate of drug-likeness (QED) is 0.796. The highest BCUT2D eigenvalue weighted by Crippen LogP contribution is 2.23. The molecule has 1 N–H and O–H groups in total. The second-order valence-corrected chi connectivity index (χ2v) is 8.41. The van der Waals surface area contributed by atoms with Crippen molar-refractivity contribution < 1.29 is 8.42 Å². The first-order valence-corrected chi connectivity index (χ1v) is 9.04. The number of nitrogens with zero attached hydrogens (tertiary/aromatic N) is 5. The average Bonchev–Trinajstić information content (AvgIpc) is 3.00. The molecule has 9 heteroatoms. The van der Waals surface area contributed by atoms with E-state index in [1.165, 1.54) is 22.7 Å². The Hall–Kier alpha value is -1.29. The van der Waals surface area contributed by atoms with Crippen LogP contribution in [0.4, 0.5) is 5.82 Å². The lowest BCUT2D eigenvalue weighted by Crippen LogP contribution is -2.37. The second kappa shape index (κ2) is 7.08. The summed E-state index contributed by atoms with van der Waals surface area (Å²) in [5.74, 6) is 1.52. The minimum atomic E-state index is -3.46. The highest BCUT2D eigenvalue weighted by Gasteiger charge is 2.24. The Labute approximate surface area is 138 Å². The molecule has 0 unspecified atom stereocenters. The SMILES string of the molecule is CN(C)c1cc(CN(C)S(=O)(=O)N(C)C)nc([C@H]2CCCN2)n1. The van der Waals surface area contributed by atoms with Gasteiger partial charge in [-0.2, -0.15) is 17.0 Å². The molecule has 0 spiro atoms. The number of rotatable bonds is 6. The lowest BCUT2D eigenvalue weighted by molar-refractivity contribution is 0.410. The first-order valence-electron chi connectivity index (χ1n) is 7.64. The van der Waals surface area contributed by atoms with E-state index in [9.17, 15) is 8.42 Å². The molecular formula is C14H26N6O2S. The van der Waals surface area contributed by atoms with E-state index in [1.807, 2.05) is 25.1 Å². The molecule has 1 aromatic heterocycles. The van der Waals surface area contributed by atoms with Crippen LogP contribution in [0.3, 0.4) is 0 Å². The van der Waals surface area contributed by atoms with E-state index in [-0.39, 0.29) is 12.6 Å². The van der Waals surface area contributed by atoms with E-state index in [1.54, 1.807) is 7.05 Å². The van der Waals surface area contributed by atoms with Crippen LogP contribution in [-0.2, 0) is 16.8 Å². The van der Waals surface area contributed by atoms with Gasteiger partial charge in [-0.25, -0.2) is 9.97 Å². The van der Waals surface area contributed by atoms with Crippen LogP contribution in [0.1, 0.15) is 30.4 Å². The Morgan fingerprint density at radius 1 is 1.22 bits per heavy atom. The van der Waals surface area contributed by atoms with Gasteiger partial charge in [0.05, 0.1) is 18.3 Å². The van der Waals surface area contributed by atoms with Gasteiger partial charge in [-0.05, 0) is 19.4 Å². The molecule has 0 bridgehead atoms. The van der Waals surface area contributed by atoms with Crippen LogP contribution < -0.4 is 10.2 Å². The summed E-state index contributed by atoms with van der Waals surface area (Å²) in [7, 11) is 4.96. The summed E-state index contributed by atoms with van der Waals surface area (Å²) in [5, 5.41) is 3.38. The molecule has 2 heterocycles. The van der Waals surface area contributed by atoms with Crippen molar-refractivity contribution in [3.8, 4) is 0 Å². The van der Waals surface area contributed by atoms with Crippen LogP contribution in [0.2, 0.25) is 0 Å². The van der Waals surface area contributed by atoms with Gasteiger partial charge in [0.2, 0.25) is 0 Å². The number of hydrogen-bond donors (Lipinski definition) is 1. The largest absolute Gasteiger partial charge is 0.363 e. The third kappa shape index (κ3) is 4.17. The summed E-state index contributed by atoms with van der Waals surface area (Å²) in [6.07, 6.45) is 2.10. The van der Waals surface area contributed by atoms with E-state index < -0.39 is 10.2 Å². The molecule has 1 atom stereocenters. The van der Waals surface area contributed by atoms with Gasteiger partial charge in [0.15, 0.2) is 0 Å². The summed E-state index contributed by atoms with van der Waals surface area (Å²) < 4.78 is 26.8. The van der Waals surface area contributed by atoms with E-state index in [4.69, 9.17) is 0 Å². The predicted molar refractivity (Wildman–Crippen MR) is 90.4 cm³/mol. The van der Waals surface area contributed by atoms with Gasteiger partial charge < -0.3 is 10.2 Å². The zero-order valence-electron chi connectivity index (χ0n) is 14.4. The average molecular weight is 342 g/mol. The van der Waals surface area contributed by atoms with Gasteiger partial charge in [-0.15, -0.1) is 0 Å². The lowest BCUT2D eigenvalue weighted by atomic mass is 10.2. The lowest BCUT2D eigenvalue weighted by Gasteiger charge is -2.22. The van der Waals surface area contributed by atoms with Crippen LogP contribution in [0.15, 0.2) is 6.07 Å². The maximum absolute atomic E-state index is 12.2. The Balaban J connectivity index is 2.30. The van der Waals surface area contributed by atoms with Crippen molar-refractivity contribution in [1.29, 1.82) is 0 Å². The van der Waals surface area contributed by atoms with Crippen molar-refractivity contribution in [3.05, 3.63) is 17.6 Å². The topological polar surface area (TPSA) is 81.7 Å². The van der Waals surface area contributed by atoms with Crippen molar-refractivity contribution >= 4 is 16.0 Å². The highest BCUT2D eigenvalue weighted by molar-refractivity contribution is 7.86. The molecule has 1 fully saturated rings. The normalized spacial score (nSPS) is 18.8. The smallest absolute Gasteiger partial charge is 0.281 e. The molecule has 2 rings (SSSR count). The number of hydrogen-bond acceptors (Lipinski definition) is 6. The van der Waals surface area contributed by atoms with E-state index >= 15 is 0 Å². The van der Waals surface area contributed by atoms with Crippen molar-refractivity contribution in [1.82, 2.24) is 23.9 Å². The summed E-state index contributed by atoms with van der Waals surface area (Å²) in [6.45, 7) is 1.17. The summed E-state index contributed by atoms with van der Waals surface area (Å²) in [4.78, 5) is 11.1. The molecule has 0 aromatic carbocycles. The van der Waals surface area contributed by atoms with Crippen LogP contribution in [0.25, 0.3) is 0 Å². The van der Waals surface area contributed by atoms with Crippen molar-refractivity contribution in [3.63, 3.8) is 0 Å². The molecular weight excluding hydrogens is 316 g/mol. The number of nitrogens with one attached hydrogen (secondary N) is 1. The Morgan fingerprint density at radius 2 is 1.91 bits per heavy atom. The molecule has 1 aliphatic heterocycles. The first kappa shape index (κ1) is 18.1. The molecule has 0 radical (unpaired) electrons. The van der Waals surface area contributed by atoms with Crippen LogP contribution in [-0.4, -0.2) is 68.8 Å². The van der Waals surface area contributed by atoms with Crippen LogP contribution in [0, 0.1) is 0 Å². The molecule has 1 saturated heterocycles. The molecule has 23 heavy (non-hydrogen) atoms. The molecule has 1 aliphatic rings. The molecule has 0 amide bonds. The summed E-state index contributed by atoms with van der Waals surface area (Å²) >= 11 is 0. The van der Waals surface area contributed by atoms with Gasteiger partial charge >= 0.3 is 0 Å². The second-order valence-electron chi connectivity index (χ2n) is 6.17. The Morgan fingerprint density at radius 3 is 2.43 bits per heavy atom. The van der Waals surface area contributed by atoms with Crippen molar-refractivity contribution in [2.75, 3.05) is 46.7 Å². The molecule has 0 saturated carbocycles. The fourth-order valence-electron chi connectivity index (χ4n) is 2.46. The fraction of sp³-hybridized carbons (Fsp3) is 0.714. The Bertz CT molecular complexity index is 641. The van der Waals surface area contributed by atoms with Crippen LogP contribution >= 0.6 is 0 Å². The van der Waals surface area contributed by atoms with Crippen molar-refractivity contribution in [2.45, 2.75) is 25.4 Å². The van der Waals surface area contributed by atoms with E-state index in [0.717, 1.165) is 31.0 Å². The molecule has 130 valence electrons. The zero-order valence-corrected chi connectivity index (χ0v) is 15.3. The molecule has 0 aliphatic carbocycles. The third-order valence-electron chi connectivity index (χ3n) is 3.85. The maximum Gasteiger partial charge on any atom is 0.281 e. The third-order valence-corrected chi connectivity index (χ3v) is 5.69. The van der Waals surface area contributed by atoms with Gasteiger partial charge in [-0.3, -0.25) is 0 Å². The van der Waals surface area contributed by atoms with Crippen molar-refractivity contribution in [2.24, 2.45) is 0 Å². The highest BCUT2D eigenvalue weighted by atomic mass is 32.2. The number of aromatic nitrogens is 2. The summed E-state index contributed by atoms with van der Waals surface area (Å²) in [6, 6.07) is 1.98. The Kier molecular flexibility index (Phi) is 5.56. The zero-order chi connectivity index (χ0) is 17.2. The van der Waals surface area contributed by atoms with Gasteiger partial charge in [-0.1, -0.05) is 0 Å². The summed E-state index contributed by atoms with van der Waals surface area (Å²) in [5.41, 5.74) is 0.695. The maximum atomic E-state index is 12.2. The van der Waals surface area contributed by atoms with Gasteiger partial charge in [0.1, 0.15) is 11.6 Å². The van der Waals surface area contributed by atoms with E-state index in [2.05, 4.69) is 15.3 Å².